The monoisotopic (exact) mass is 260 g/mol. The molecule has 0 saturated carbocycles. The second-order valence-corrected chi connectivity index (χ2v) is 4.32. The Balaban J connectivity index is 2.00. The van der Waals surface area contributed by atoms with Crippen molar-refractivity contribution in [2.75, 3.05) is 11.4 Å². The molecule has 0 atom stereocenters. The first-order chi connectivity index (χ1) is 9.16. The second kappa shape index (κ2) is 4.42. The number of rotatable bonds is 1. The van der Waals surface area contributed by atoms with Crippen molar-refractivity contribution in [1.82, 2.24) is 4.98 Å². The average Bonchev–Trinajstić information content (AvgIpc) is 2.81. The van der Waals surface area contributed by atoms with E-state index < -0.39 is 17.7 Å². The van der Waals surface area contributed by atoms with Crippen LogP contribution >= 0.6 is 0 Å². The summed E-state index contributed by atoms with van der Waals surface area (Å²) < 4.78 is 26.8. The molecule has 1 aromatic carbocycles. The lowest BCUT2D eigenvalue weighted by atomic mass is 10.1. The van der Waals surface area contributed by atoms with Gasteiger partial charge in [0, 0.05) is 12.7 Å². The van der Waals surface area contributed by atoms with E-state index in [1.54, 1.807) is 6.07 Å². The van der Waals surface area contributed by atoms with Gasteiger partial charge in [-0.1, -0.05) is 6.07 Å². The number of benzene rings is 1. The van der Waals surface area contributed by atoms with E-state index in [9.17, 15) is 13.6 Å². The highest BCUT2D eigenvalue weighted by Crippen LogP contribution is 2.30. The molecular weight excluding hydrogens is 250 g/mol. The van der Waals surface area contributed by atoms with Crippen LogP contribution in [0.2, 0.25) is 0 Å². The number of amides is 1. The van der Waals surface area contributed by atoms with Gasteiger partial charge in [0.25, 0.3) is 5.91 Å². The quantitative estimate of drug-likeness (QED) is 0.738. The fraction of sp³-hybridized carbons (Fsp3) is 0.143. The summed E-state index contributed by atoms with van der Waals surface area (Å²) in [5, 5.41) is 0. The van der Waals surface area contributed by atoms with Crippen LogP contribution in [0, 0.1) is 11.8 Å². The Kier molecular flexibility index (Phi) is 2.74. The van der Waals surface area contributed by atoms with E-state index in [0.29, 0.717) is 18.7 Å². The Labute approximate surface area is 108 Å². The van der Waals surface area contributed by atoms with Gasteiger partial charge in [-0.15, -0.1) is 0 Å². The van der Waals surface area contributed by atoms with Crippen molar-refractivity contribution in [3.8, 4) is 0 Å². The average molecular weight is 260 g/mol. The van der Waals surface area contributed by atoms with Crippen LogP contribution < -0.4 is 4.90 Å². The van der Waals surface area contributed by atoms with Crippen molar-refractivity contribution in [2.45, 2.75) is 6.42 Å². The SMILES string of the molecule is O=C(c1cccnc1F)N1CCc2ccc(F)cc21. The lowest BCUT2D eigenvalue weighted by Crippen LogP contribution is -2.29. The first-order valence-corrected chi connectivity index (χ1v) is 5.87. The number of hydrogen-bond donors (Lipinski definition) is 0. The summed E-state index contributed by atoms with van der Waals surface area (Å²) in [5.41, 5.74) is 1.30. The number of carbonyl (C=O) groups excluding carboxylic acids is 1. The number of aromatic nitrogens is 1. The van der Waals surface area contributed by atoms with E-state index in [1.807, 2.05) is 0 Å². The molecule has 1 aliphatic rings. The summed E-state index contributed by atoms with van der Waals surface area (Å²) in [6.45, 7) is 0.423. The van der Waals surface area contributed by atoms with Gasteiger partial charge >= 0.3 is 0 Å². The van der Waals surface area contributed by atoms with Crippen LogP contribution in [0.15, 0.2) is 36.5 Å². The zero-order valence-electron chi connectivity index (χ0n) is 9.94. The molecule has 96 valence electrons. The van der Waals surface area contributed by atoms with Crippen LogP contribution in [0.4, 0.5) is 14.5 Å². The highest BCUT2D eigenvalue weighted by atomic mass is 19.1. The van der Waals surface area contributed by atoms with Crippen LogP contribution in [0.25, 0.3) is 0 Å². The highest BCUT2D eigenvalue weighted by molar-refractivity contribution is 6.07. The number of fused-ring (bicyclic) bond motifs is 1. The molecule has 2 aromatic rings. The molecule has 3 rings (SSSR count). The molecule has 5 heteroatoms. The third-order valence-corrected chi connectivity index (χ3v) is 3.18. The van der Waals surface area contributed by atoms with Gasteiger partial charge in [0.15, 0.2) is 0 Å². The maximum Gasteiger partial charge on any atom is 0.262 e. The molecule has 0 bridgehead atoms. The first-order valence-electron chi connectivity index (χ1n) is 5.87. The third kappa shape index (κ3) is 1.97. The van der Waals surface area contributed by atoms with Crippen molar-refractivity contribution >= 4 is 11.6 Å². The van der Waals surface area contributed by atoms with E-state index in [4.69, 9.17) is 0 Å². The Hall–Kier alpha value is -2.30. The maximum atomic E-state index is 13.5. The molecule has 2 heterocycles. The van der Waals surface area contributed by atoms with Crippen molar-refractivity contribution in [1.29, 1.82) is 0 Å². The standard InChI is InChI=1S/C14H10F2N2O/c15-10-4-3-9-5-7-18(12(9)8-10)14(19)11-2-1-6-17-13(11)16/h1-4,6,8H,5,7H2. The zero-order chi connectivity index (χ0) is 13.4. The number of nitrogens with zero attached hydrogens (tertiary/aromatic N) is 2. The molecule has 3 nitrogen and oxygen atoms in total. The van der Waals surface area contributed by atoms with E-state index in [-0.39, 0.29) is 5.56 Å². The summed E-state index contributed by atoms with van der Waals surface area (Å²) in [4.78, 5) is 17.1. The number of carbonyl (C=O) groups is 1. The van der Waals surface area contributed by atoms with Crippen LogP contribution in [0.3, 0.4) is 0 Å². The Morgan fingerprint density at radius 3 is 2.89 bits per heavy atom. The largest absolute Gasteiger partial charge is 0.308 e. The lowest BCUT2D eigenvalue weighted by molar-refractivity contribution is 0.0984. The molecule has 1 amide bonds. The summed E-state index contributed by atoms with van der Waals surface area (Å²) in [6, 6.07) is 7.18. The predicted octanol–water partition coefficient (Wildman–Crippen LogP) is 2.56. The number of pyridine rings is 1. The molecular formula is C14H10F2N2O. The van der Waals surface area contributed by atoms with E-state index in [2.05, 4.69) is 4.98 Å². The predicted molar refractivity (Wildman–Crippen MR) is 66.0 cm³/mol. The molecule has 0 saturated heterocycles. The Morgan fingerprint density at radius 1 is 1.26 bits per heavy atom. The molecule has 1 aliphatic heterocycles. The summed E-state index contributed by atoms with van der Waals surface area (Å²) >= 11 is 0. The van der Waals surface area contributed by atoms with Crippen molar-refractivity contribution in [3.63, 3.8) is 0 Å². The molecule has 19 heavy (non-hydrogen) atoms. The molecule has 0 N–H and O–H groups in total. The van der Waals surface area contributed by atoms with Gasteiger partial charge in [0.1, 0.15) is 5.82 Å². The highest BCUT2D eigenvalue weighted by Gasteiger charge is 2.27. The van der Waals surface area contributed by atoms with Crippen molar-refractivity contribution in [2.24, 2.45) is 0 Å². The van der Waals surface area contributed by atoms with Crippen LogP contribution in [-0.4, -0.2) is 17.4 Å². The van der Waals surface area contributed by atoms with Gasteiger partial charge in [0.05, 0.1) is 11.3 Å². The fourth-order valence-corrected chi connectivity index (χ4v) is 2.25. The van der Waals surface area contributed by atoms with Gasteiger partial charge < -0.3 is 4.90 Å². The van der Waals surface area contributed by atoms with Crippen molar-refractivity contribution in [3.05, 3.63) is 59.4 Å². The fourth-order valence-electron chi connectivity index (χ4n) is 2.25. The van der Waals surface area contributed by atoms with E-state index >= 15 is 0 Å². The van der Waals surface area contributed by atoms with Crippen LogP contribution in [0.1, 0.15) is 15.9 Å². The maximum absolute atomic E-state index is 13.5. The van der Waals surface area contributed by atoms with E-state index in [0.717, 1.165) is 5.56 Å². The molecule has 1 aromatic heterocycles. The molecule has 0 aliphatic carbocycles. The summed E-state index contributed by atoms with van der Waals surface area (Å²) in [6.07, 6.45) is 1.92. The lowest BCUT2D eigenvalue weighted by Gasteiger charge is -2.17. The first kappa shape index (κ1) is 11.8. The van der Waals surface area contributed by atoms with Crippen LogP contribution in [0.5, 0.6) is 0 Å². The zero-order valence-corrected chi connectivity index (χ0v) is 9.94. The number of hydrogen-bond acceptors (Lipinski definition) is 2. The second-order valence-electron chi connectivity index (χ2n) is 4.32. The molecule has 0 spiro atoms. The minimum atomic E-state index is -0.808. The summed E-state index contributed by atoms with van der Waals surface area (Å²) in [7, 11) is 0. The minimum absolute atomic E-state index is 0.0976. The smallest absolute Gasteiger partial charge is 0.262 e. The van der Waals surface area contributed by atoms with Gasteiger partial charge in [-0.05, 0) is 36.2 Å². The van der Waals surface area contributed by atoms with Gasteiger partial charge in [-0.3, -0.25) is 4.79 Å². The van der Waals surface area contributed by atoms with Gasteiger partial charge in [0.2, 0.25) is 5.95 Å². The Bertz CT molecular complexity index is 658. The topological polar surface area (TPSA) is 33.2 Å². The Morgan fingerprint density at radius 2 is 2.11 bits per heavy atom. The minimum Gasteiger partial charge on any atom is -0.308 e. The van der Waals surface area contributed by atoms with E-state index in [1.165, 1.54) is 35.4 Å². The van der Waals surface area contributed by atoms with Crippen LogP contribution in [-0.2, 0) is 6.42 Å². The van der Waals surface area contributed by atoms with Gasteiger partial charge in [-0.2, -0.15) is 4.39 Å². The van der Waals surface area contributed by atoms with Gasteiger partial charge in [-0.25, -0.2) is 9.37 Å². The number of halogens is 2. The van der Waals surface area contributed by atoms with Crippen molar-refractivity contribution < 1.29 is 13.6 Å². The third-order valence-electron chi connectivity index (χ3n) is 3.18. The summed E-state index contributed by atoms with van der Waals surface area (Å²) in [5.74, 6) is -1.71. The number of anilines is 1. The molecule has 0 radical (unpaired) electrons. The molecule has 0 unspecified atom stereocenters. The molecule has 0 fully saturated rings. The normalized spacial score (nSPS) is 13.5.